The Balaban J connectivity index is 2.79. The number of rotatable bonds is 5. The third-order valence-electron chi connectivity index (χ3n) is 2.40. The third-order valence-corrected chi connectivity index (χ3v) is 4.86. The molecule has 1 fully saturated rings. The Morgan fingerprint density at radius 2 is 1.93 bits per heavy atom. The van der Waals surface area contributed by atoms with Crippen LogP contribution in [0.2, 0.25) is 0 Å². The van der Waals surface area contributed by atoms with Gasteiger partial charge in [-0.25, -0.2) is 8.42 Å². The van der Waals surface area contributed by atoms with Crippen LogP contribution >= 0.6 is 0 Å². The summed E-state index contributed by atoms with van der Waals surface area (Å²) >= 11 is 0. The standard InChI is InChI=1S/C9H16O4S/c1-6(2)8(9(10)11)14(12,13)5-7-3-4-7/h6-8H,3-5H2,1-2H3,(H,10,11). The summed E-state index contributed by atoms with van der Waals surface area (Å²) in [4.78, 5) is 10.8. The van der Waals surface area contributed by atoms with Crippen LogP contribution in [-0.2, 0) is 14.6 Å². The molecule has 0 aromatic heterocycles. The molecule has 0 saturated heterocycles. The third kappa shape index (κ3) is 2.70. The van der Waals surface area contributed by atoms with Crippen LogP contribution in [0.4, 0.5) is 0 Å². The zero-order valence-electron chi connectivity index (χ0n) is 8.43. The second-order valence-corrected chi connectivity index (χ2v) is 6.44. The summed E-state index contributed by atoms with van der Waals surface area (Å²) in [6, 6.07) is 0. The van der Waals surface area contributed by atoms with E-state index in [-0.39, 0.29) is 17.6 Å². The minimum absolute atomic E-state index is 0.0438. The van der Waals surface area contributed by atoms with Crippen molar-refractivity contribution >= 4 is 15.8 Å². The molecule has 0 aromatic rings. The van der Waals surface area contributed by atoms with E-state index in [1.807, 2.05) is 0 Å². The molecule has 0 aliphatic heterocycles. The van der Waals surface area contributed by atoms with Crippen LogP contribution in [-0.4, -0.2) is 30.5 Å². The molecule has 1 aliphatic rings. The summed E-state index contributed by atoms with van der Waals surface area (Å²) < 4.78 is 23.4. The van der Waals surface area contributed by atoms with Crippen molar-refractivity contribution in [1.29, 1.82) is 0 Å². The highest BCUT2D eigenvalue weighted by Crippen LogP contribution is 2.32. The largest absolute Gasteiger partial charge is 0.480 e. The van der Waals surface area contributed by atoms with Crippen molar-refractivity contribution in [1.82, 2.24) is 0 Å². The van der Waals surface area contributed by atoms with Crippen LogP contribution < -0.4 is 0 Å². The monoisotopic (exact) mass is 220 g/mol. The van der Waals surface area contributed by atoms with Gasteiger partial charge in [-0.15, -0.1) is 0 Å². The first kappa shape index (κ1) is 11.5. The normalized spacial score (nSPS) is 19.6. The number of sulfone groups is 1. The van der Waals surface area contributed by atoms with Gasteiger partial charge in [0.25, 0.3) is 0 Å². The predicted octanol–water partition coefficient (Wildman–Crippen LogP) is 0.920. The van der Waals surface area contributed by atoms with Gasteiger partial charge in [0.2, 0.25) is 0 Å². The summed E-state index contributed by atoms with van der Waals surface area (Å²) in [5.41, 5.74) is 0. The van der Waals surface area contributed by atoms with Gasteiger partial charge in [-0.3, -0.25) is 4.79 Å². The van der Waals surface area contributed by atoms with E-state index in [9.17, 15) is 13.2 Å². The van der Waals surface area contributed by atoms with E-state index in [4.69, 9.17) is 5.11 Å². The van der Waals surface area contributed by atoms with E-state index in [0.717, 1.165) is 12.8 Å². The number of hydrogen-bond donors (Lipinski definition) is 1. The first-order valence-corrected chi connectivity index (χ1v) is 6.50. The van der Waals surface area contributed by atoms with Crippen LogP contribution in [0.15, 0.2) is 0 Å². The average Bonchev–Trinajstić information content (AvgIpc) is 2.66. The zero-order chi connectivity index (χ0) is 10.9. The molecule has 1 N–H and O–H groups in total. The van der Waals surface area contributed by atoms with E-state index in [0.29, 0.717) is 0 Å². The topological polar surface area (TPSA) is 71.4 Å². The van der Waals surface area contributed by atoms with Crippen molar-refractivity contribution in [3.05, 3.63) is 0 Å². The van der Waals surface area contributed by atoms with Crippen LogP contribution in [0.25, 0.3) is 0 Å². The highest BCUT2D eigenvalue weighted by molar-refractivity contribution is 7.92. The van der Waals surface area contributed by atoms with E-state index >= 15 is 0 Å². The number of carboxylic acid groups (broad SMARTS) is 1. The SMILES string of the molecule is CC(C)C(C(=O)O)S(=O)(=O)CC1CC1. The molecule has 1 saturated carbocycles. The molecule has 0 bridgehead atoms. The van der Waals surface area contributed by atoms with Gasteiger partial charge in [-0.05, 0) is 24.7 Å². The van der Waals surface area contributed by atoms with Gasteiger partial charge >= 0.3 is 5.97 Å². The summed E-state index contributed by atoms with van der Waals surface area (Å²) in [6.07, 6.45) is 1.84. The van der Waals surface area contributed by atoms with Crippen molar-refractivity contribution in [2.75, 3.05) is 5.75 Å². The Morgan fingerprint density at radius 3 is 2.21 bits per heavy atom. The lowest BCUT2D eigenvalue weighted by Gasteiger charge is -2.16. The molecule has 0 heterocycles. The summed E-state index contributed by atoms with van der Waals surface area (Å²) in [6.45, 7) is 3.26. The lowest BCUT2D eigenvalue weighted by molar-refractivity contribution is -0.137. The molecule has 0 amide bonds. The molecular weight excluding hydrogens is 204 g/mol. The second kappa shape index (κ2) is 3.88. The smallest absolute Gasteiger partial charge is 0.322 e. The van der Waals surface area contributed by atoms with E-state index in [2.05, 4.69) is 0 Å². The van der Waals surface area contributed by atoms with Gasteiger partial charge in [0.05, 0.1) is 5.75 Å². The number of aliphatic carboxylic acids is 1. The van der Waals surface area contributed by atoms with Crippen LogP contribution in [0.1, 0.15) is 26.7 Å². The first-order chi connectivity index (χ1) is 6.34. The molecule has 1 unspecified atom stereocenters. The Bertz CT molecular complexity index is 314. The molecule has 82 valence electrons. The predicted molar refractivity (Wildman–Crippen MR) is 52.8 cm³/mol. The zero-order valence-corrected chi connectivity index (χ0v) is 9.25. The van der Waals surface area contributed by atoms with Crippen molar-refractivity contribution in [3.8, 4) is 0 Å². The Kier molecular flexibility index (Phi) is 3.19. The molecule has 1 rings (SSSR count). The van der Waals surface area contributed by atoms with Crippen molar-refractivity contribution in [3.63, 3.8) is 0 Å². The number of carbonyl (C=O) groups is 1. The molecule has 5 heteroatoms. The summed E-state index contributed by atoms with van der Waals surface area (Å²) in [5.74, 6) is -1.33. The highest BCUT2D eigenvalue weighted by Gasteiger charge is 2.39. The fourth-order valence-corrected chi connectivity index (χ4v) is 3.90. The van der Waals surface area contributed by atoms with Gasteiger partial charge < -0.3 is 5.11 Å². The highest BCUT2D eigenvalue weighted by atomic mass is 32.2. The quantitative estimate of drug-likeness (QED) is 0.748. The van der Waals surface area contributed by atoms with Crippen LogP contribution in [0, 0.1) is 11.8 Å². The van der Waals surface area contributed by atoms with Gasteiger partial charge in [-0.2, -0.15) is 0 Å². The van der Waals surface area contributed by atoms with E-state index in [1.165, 1.54) is 0 Å². The Morgan fingerprint density at radius 1 is 1.43 bits per heavy atom. The minimum atomic E-state index is -3.46. The number of hydrogen-bond acceptors (Lipinski definition) is 3. The average molecular weight is 220 g/mol. The molecule has 0 aromatic carbocycles. The molecule has 14 heavy (non-hydrogen) atoms. The minimum Gasteiger partial charge on any atom is -0.480 e. The van der Waals surface area contributed by atoms with E-state index < -0.39 is 21.1 Å². The van der Waals surface area contributed by atoms with E-state index in [1.54, 1.807) is 13.8 Å². The van der Waals surface area contributed by atoms with Gasteiger partial charge in [-0.1, -0.05) is 13.8 Å². The van der Waals surface area contributed by atoms with Gasteiger partial charge in [0, 0.05) is 0 Å². The molecular formula is C9H16O4S. The van der Waals surface area contributed by atoms with Crippen LogP contribution in [0.5, 0.6) is 0 Å². The van der Waals surface area contributed by atoms with Crippen LogP contribution in [0.3, 0.4) is 0 Å². The second-order valence-electron chi connectivity index (χ2n) is 4.28. The summed E-state index contributed by atoms with van der Waals surface area (Å²) in [7, 11) is -3.46. The number of carboxylic acids is 1. The maximum absolute atomic E-state index is 11.7. The lowest BCUT2D eigenvalue weighted by Crippen LogP contribution is -2.36. The maximum atomic E-state index is 11.7. The van der Waals surface area contributed by atoms with Crippen molar-refractivity contribution < 1.29 is 18.3 Å². The fourth-order valence-electron chi connectivity index (χ4n) is 1.57. The lowest BCUT2D eigenvalue weighted by atomic mass is 10.1. The molecule has 1 aliphatic carbocycles. The fraction of sp³-hybridized carbons (Fsp3) is 0.889. The van der Waals surface area contributed by atoms with Crippen molar-refractivity contribution in [2.24, 2.45) is 11.8 Å². The van der Waals surface area contributed by atoms with Crippen molar-refractivity contribution in [2.45, 2.75) is 31.9 Å². The van der Waals surface area contributed by atoms with Gasteiger partial charge in [0.15, 0.2) is 15.1 Å². The molecule has 1 atom stereocenters. The first-order valence-electron chi connectivity index (χ1n) is 4.79. The summed E-state index contributed by atoms with van der Waals surface area (Å²) in [5, 5.41) is 7.60. The Labute approximate surface area is 84.2 Å². The Hall–Kier alpha value is -0.580. The molecule has 4 nitrogen and oxygen atoms in total. The molecule has 0 spiro atoms. The molecule has 0 radical (unpaired) electrons. The maximum Gasteiger partial charge on any atom is 0.322 e. The van der Waals surface area contributed by atoms with Gasteiger partial charge in [0.1, 0.15) is 0 Å².